The molecule has 94 valence electrons. The standard InChI is InChI=1S/C14H20O3/c1-7-9-4-3-5-12(15)10(9)6-11-13(7)8(2)17-14(11)16/h6-9,11-13,15H,3-5H2,1-2H3/t7-,8+,9-,11+,12+,13+/m0/s1. The Morgan fingerprint density at radius 1 is 1.35 bits per heavy atom. The average Bonchev–Trinajstić information content (AvgIpc) is 2.57. The second-order valence-electron chi connectivity index (χ2n) is 5.82. The number of carbonyl (C=O) groups is 1. The molecule has 1 N–H and O–H groups in total. The first kappa shape index (κ1) is 11.3. The quantitative estimate of drug-likeness (QED) is 0.516. The van der Waals surface area contributed by atoms with Gasteiger partial charge in [0.2, 0.25) is 0 Å². The minimum absolute atomic E-state index is 0.0272. The van der Waals surface area contributed by atoms with Crippen molar-refractivity contribution in [1.82, 2.24) is 0 Å². The predicted octanol–water partition coefficient (Wildman–Crippen LogP) is 1.90. The number of hydrogen-bond donors (Lipinski definition) is 1. The van der Waals surface area contributed by atoms with Gasteiger partial charge in [-0.25, -0.2) is 0 Å². The van der Waals surface area contributed by atoms with Crippen LogP contribution in [0.3, 0.4) is 0 Å². The van der Waals surface area contributed by atoms with Gasteiger partial charge in [0.1, 0.15) is 6.10 Å². The number of hydrogen-bond acceptors (Lipinski definition) is 3. The lowest BCUT2D eigenvalue weighted by Gasteiger charge is -2.41. The van der Waals surface area contributed by atoms with E-state index in [0.29, 0.717) is 17.8 Å². The molecule has 2 aliphatic carbocycles. The first-order valence-electron chi connectivity index (χ1n) is 6.69. The number of rotatable bonds is 0. The maximum Gasteiger partial charge on any atom is 0.313 e. The van der Waals surface area contributed by atoms with E-state index in [4.69, 9.17) is 4.74 Å². The summed E-state index contributed by atoms with van der Waals surface area (Å²) in [6.45, 7) is 4.21. The van der Waals surface area contributed by atoms with Gasteiger partial charge in [0.25, 0.3) is 0 Å². The number of aliphatic hydroxyl groups excluding tert-OH is 1. The van der Waals surface area contributed by atoms with Crippen molar-refractivity contribution in [3.8, 4) is 0 Å². The van der Waals surface area contributed by atoms with Gasteiger partial charge in [-0.1, -0.05) is 13.0 Å². The van der Waals surface area contributed by atoms with Crippen LogP contribution in [-0.4, -0.2) is 23.3 Å². The normalized spacial score (nSPS) is 49.1. The van der Waals surface area contributed by atoms with E-state index in [0.717, 1.165) is 24.8 Å². The Morgan fingerprint density at radius 2 is 2.12 bits per heavy atom. The molecule has 2 fully saturated rings. The minimum atomic E-state index is -0.333. The lowest BCUT2D eigenvalue weighted by molar-refractivity contribution is -0.142. The summed E-state index contributed by atoms with van der Waals surface area (Å²) in [7, 11) is 0. The summed E-state index contributed by atoms with van der Waals surface area (Å²) in [5.41, 5.74) is 1.11. The molecule has 17 heavy (non-hydrogen) atoms. The third-order valence-corrected chi connectivity index (χ3v) is 4.95. The maximum absolute atomic E-state index is 11.8. The van der Waals surface area contributed by atoms with Crippen molar-refractivity contribution in [1.29, 1.82) is 0 Å². The fourth-order valence-corrected chi connectivity index (χ4v) is 4.11. The predicted molar refractivity (Wildman–Crippen MR) is 63.1 cm³/mol. The summed E-state index contributed by atoms with van der Waals surface area (Å²) >= 11 is 0. The highest BCUT2D eigenvalue weighted by Gasteiger charge is 2.50. The van der Waals surface area contributed by atoms with E-state index in [1.165, 1.54) is 0 Å². The Labute approximate surface area is 102 Å². The second kappa shape index (κ2) is 3.84. The summed E-state index contributed by atoms with van der Waals surface area (Å²) in [6.07, 6.45) is 4.80. The Hall–Kier alpha value is -0.830. The molecule has 3 nitrogen and oxygen atoms in total. The number of fused-ring (bicyclic) bond motifs is 2. The van der Waals surface area contributed by atoms with Crippen LogP contribution in [0.5, 0.6) is 0 Å². The van der Waals surface area contributed by atoms with Crippen LogP contribution >= 0.6 is 0 Å². The van der Waals surface area contributed by atoms with Gasteiger partial charge in [-0.2, -0.15) is 0 Å². The van der Waals surface area contributed by atoms with Crippen LogP contribution in [-0.2, 0) is 9.53 Å². The largest absolute Gasteiger partial charge is 0.462 e. The number of ether oxygens (including phenoxy) is 1. The van der Waals surface area contributed by atoms with E-state index in [1.807, 2.05) is 13.0 Å². The third-order valence-electron chi connectivity index (χ3n) is 4.95. The lowest BCUT2D eigenvalue weighted by Crippen LogP contribution is -2.40. The zero-order valence-electron chi connectivity index (χ0n) is 10.4. The van der Waals surface area contributed by atoms with Crippen molar-refractivity contribution in [3.63, 3.8) is 0 Å². The van der Waals surface area contributed by atoms with Crippen LogP contribution < -0.4 is 0 Å². The minimum Gasteiger partial charge on any atom is -0.462 e. The zero-order valence-corrected chi connectivity index (χ0v) is 10.4. The molecule has 3 heteroatoms. The summed E-state index contributed by atoms with van der Waals surface area (Å²) in [6, 6.07) is 0. The highest BCUT2D eigenvalue weighted by molar-refractivity contribution is 5.78. The molecular formula is C14H20O3. The van der Waals surface area contributed by atoms with Crippen molar-refractivity contribution in [2.75, 3.05) is 0 Å². The smallest absolute Gasteiger partial charge is 0.313 e. The number of cyclic esters (lactones) is 1. The first-order chi connectivity index (χ1) is 8.09. The lowest BCUT2D eigenvalue weighted by atomic mass is 9.63. The SMILES string of the molecule is C[C@@H]1[C@@H]2[C@@H](C)OC(=O)[C@@H]2C=C2[C@H](O)CCC[C@H]21. The Bertz CT molecular complexity index is 374. The van der Waals surface area contributed by atoms with Crippen LogP contribution in [0.15, 0.2) is 11.6 Å². The molecule has 0 unspecified atom stereocenters. The number of aliphatic hydroxyl groups is 1. The van der Waals surface area contributed by atoms with Crippen molar-refractivity contribution in [2.45, 2.75) is 45.3 Å². The molecule has 0 amide bonds. The van der Waals surface area contributed by atoms with Crippen molar-refractivity contribution < 1.29 is 14.6 Å². The molecule has 0 spiro atoms. The van der Waals surface area contributed by atoms with Crippen molar-refractivity contribution in [3.05, 3.63) is 11.6 Å². The van der Waals surface area contributed by atoms with E-state index < -0.39 is 0 Å². The van der Waals surface area contributed by atoms with Gasteiger partial charge < -0.3 is 9.84 Å². The fourth-order valence-electron chi connectivity index (χ4n) is 4.11. The van der Waals surface area contributed by atoms with Crippen molar-refractivity contribution >= 4 is 5.97 Å². The molecular weight excluding hydrogens is 216 g/mol. The van der Waals surface area contributed by atoms with Gasteiger partial charge in [0.05, 0.1) is 12.0 Å². The topological polar surface area (TPSA) is 46.5 Å². The average molecular weight is 236 g/mol. The van der Waals surface area contributed by atoms with Gasteiger partial charge in [-0.15, -0.1) is 0 Å². The van der Waals surface area contributed by atoms with Crippen LogP contribution in [0.2, 0.25) is 0 Å². The number of carbonyl (C=O) groups excluding carboxylic acids is 1. The molecule has 3 rings (SSSR count). The summed E-state index contributed by atoms with van der Waals surface area (Å²) in [5, 5.41) is 10.1. The van der Waals surface area contributed by atoms with Crippen LogP contribution in [0.25, 0.3) is 0 Å². The summed E-state index contributed by atoms with van der Waals surface area (Å²) in [5.74, 6) is 0.993. The van der Waals surface area contributed by atoms with Gasteiger partial charge in [0, 0.05) is 5.92 Å². The van der Waals surface area contributed by atoms with Gasteiger partial charge in [-0.05, 0) is 43.6 Å². The molecule has 1 heterocycles. The molecule has 3 aliphatic rings. The van der Waals surface area contributed by atoms with Crippen LogP contribution in [0.1, 0.15) is 33.1 Å². The Morgan fingerprint density at radius 3 is 2.88 bits per heavy atom. The first-order valence-corrected chi connectivity index (χ1v) is 6.69. The van der Waals surface area contributed by atoms with E-state index in [2.05, 4.69) is 6.92 Å². The third kappa shape index (κ3) is 1.55. The highest BCUT2D eigenvalue weighted by Crippen LogP contribution is 2.49. The molecule has 1 saturated heterocycles. The van der Waals surface area contributed by atoms with Crippen molar-refractivity contribution in [2.24, 2.45) is 23.7 Å². The Kier molecular flexibility index (Phi) is 2.54. The Balaban J connectivity index is 1.99. The molecule has 0 aromatic rings. The zero-order chi connectivity index (χ0) is 12.2. The highest BCUT2D eigenvalue weighted by atomic mass is 16.6. The fraction of sp³-hybridized carbons (Fsp3) is 0.786. The van der Waals surface area contributed by atoms with E-state index in [-0.39, 0.29) is 24.1 Å². The summed E-state index contributed by atoms with van der Waals surface area (Å²) < 4.78 is 5.35. The van der Waals surface area contributed by atoms with Crippen LogP contribution in [0.4, 0.5) is 0 Å². The maximum atomic E-state index is 11.8. The molecule has 1 aliphatic heterocycles. The molecule has 6 atom stereocenters. The molecule has 0 radical (unpaired) electrons. The molecule has 1 saturated carbocycles. The van der Waals surface area contributed by atoms with Gasteiger partial charge in [-0.3, -0.25) is 4.79 Å². The van der Waals surface area contributed by atoms with E-state index in [9.17, 15) is 9.90 Å². The molecule has 0 aromatic heterocycles. The van der Waals surface area contributed by atoms with Gasteiger partial charge >= 0.3 is 5.97 Å². The monoisotopic (exact) mass is 236 g/mol. The molecule has 0 bridgehead atoms. The van der Waals surface area contributed by atoms with E-state index >= 15 is 0 Å². The second-order valence-corrected chi connectivity index (χ2v) is 5.82. The van der Waals surface area contributed by atoms with Gasteiger partial charge in [0.15, 0.2) is 0 Å². The number of esters is 1. The van der Waals surface area contributed by atoms with Crippen LogP contribution in [0, 0.1) is 23.7 Å². The molecule has 0 aromatic carbocycles. The summed E-state index contributed by atoms with van der Waals surface area (Å²) in [4.78, 5) is 11.8. The van der Waals surface area contributed by atoms with E-state index in [1.54, 1.807) is 0 Å².